The summed E-state index contributed by atoms with van der Waals surface area (Å²) in [5, 5.41) is 0.874. The van der Waals surface area contributed by atoms with E-state index in [0.29, 0.717) is 15.8 Å². The molecule has 0 aliphatic heterocycles. The van der Waals surface area contributed by atoms with Crippen LogP contribution in [0.2, 0.25) is 5.02 Å². The Kier molecular flexibility index (Phi) is 6.57. The van der Waals surface area contributed by atoms with Gasteiger partial charge in [-0.15, -0.1) is 0 Å². The fourth-order valence-electron chi connectivity index (χ4n) is 2.28. The Morgan fingerprint density at radius 1 is 1.00 bits per heavy atom. The van der Waals surface area contributed by atoms with Crippen molar-refractivity contribution in [1.82, 2.24) is 0 Å². The summed E-state index contributed by atoms with van der Waals surface area (Å²) in [5.74, 6) is -1.61. The molecule has 0 radical (unpaired) electrons. The van der Waals surface area contributed by atoms with E-state index in [1.54, 1.807) is 0 Å². The van der Waals surface area contributed by atoms with Crippen LogP contribution in [0.15, 0.2) is 49.6 Å². The first kappa shape index (κ1) is 20.9. The van der Waals surface area contributed by atoms with Gasteiger partial charge in [-0.3, -0.25) is 4.57 Å². The van der Waals surface area contributed by atoms with E-state index in [2.05, 4.69) is 13.2 Å². The minimum atomic E-state index is -3.89. The van der Waals surface area contributed by atoms with Gasteiger partial charge in [-0.1, -0.05) is 24.8 Å². The molecule has 7 nitrogen and oxygen atoms in total. The quantitative estimate of drug-likeness (QED) is 0.297. The molecule has 2 aromatic carbocycles. The lowest BCUT2D eigenvalue weighted by Crippen LogP contribution is -2.17. The van der Waals surface area contributed by atoms with Crippen molar-refractivity contribution in [3.63, 3.8) is 0 Å². The van der Waals surface area contributed by atoms with Gasteiger partial charge in [-0.2, -0.15) is 0 Å². The average molecular weight is 411 g/mol. The minimum absolute atomic E-state index is 0.0140. The number of carbonyl (C=O) groups excluding carboxylic acids is 2. The van der Waals surface area contributed by atoms with Gasteiger partial charge in [0.1, 0.15) is 11.1 Å². The third-order valence-corrected chi connectivity index (χ3v) is 5.63. The summed E-state index contributed by atoms with van der Waals surface area (Å²) in [4.78, 5) is 23.5. The standard InChI is InChI=1S/C18H16ClO7P/c1-5-16(20)25-14-10-15(27(22,23-3)24-4)18(26-17(21)6-2)12-8-7-11(19)9-13(12)14/h5-10H,1-2H2,3-4H3. The molecule has 142 valence electrons. The molecule has 0 heterocycles. The number of hydrogen-bond donors (Lipinski definition) is 0. The lowest BCUT2D eigenvalue weighted by molar-refractivity contribution is -0.129. The zero-order chi connectivity index (χ0) is 20.2. The molecule has 0 spiro atoms. The smallest absolute Gasteiger partial charge is 0.364 e. The maximum atomic E-state index is 13.0. The molecular weight excluding hydrogens is 395 g/mol. The van der Waals surface area contributed by atoms with Crippen LogP contribution in [0.25, 0.3) is 10.8 Å². The minimum Gasteiger partial charge on any atom is -0.423 e. The van der Waals surface area contributed by atoms with Gasteiger partial charge in [0.15, 0.2) is 5.75 Å². The number of esters is 2. The second-order valence-corrected chi connectivity index (χ2v) is 7.67. The second-order valence-electron chi connectivity index (χ2n) is 5.03. The van der Waals surface area contributed by atoms with Crippen LogP contribution in [0.3, 0.4) is 0 Å². The predicted molar refractivity (Wildman–Crippen MR) is 102 cm³/mol. The van der Waals surface area contributed by atoms with E-state index in [-0.39, 0.29) is 16.8 Å². The van der Waals surface area contributed by atoms with Crippen molar-refractivity contribution in [2.75, 3.05) is 14.2 Å². The third kappa shape index (κ3) is 4.28. The van der Waals surface area contributed by atoms with Crippen molar-refractivity contribution in [2.45, 2.75) is 0 Å². The van der Waals surface area contributed by atoms with Crippen LogP contribution in [0.4, 0.5) is 0 Å². The highest BCUT2D eigenvalue weighted by Gasteiger charge is 2.33. The number of benzene rings is 2. The molecule has 0 N–H and O–H groups in total. The Morgan fingerprint density at radius 3 is 2.15 bits per heavy atom. The van der Waals surface area contributed by atoms with Crippen LogP contribution in [-0.4, -0.2) is 26.2 Å². The van der Waals surface area contributed by atoms with Gasteiger partial charge in [0, 0.05) is 48.2 Å². The van der Waals surface area contributed by atoms with Crippen LogP contribution >= 0.6 is 19.2 Å². The Balaban J connectivity index is 2.93. The molecule has 0 atom stereocenters. The first-order chi connectivity index (χ1) is 12.8. The van der Waals surface area contributed by atoms with Gasteiger partial charge in [0.2, 0.25) is 0 Å². The largest absolute Gasteiger partial charge is 0.423 e. The topological polar surface area (TPSA) is 88.1 Å². The second kappa shape index (κ2) is 8.50. The first-order valence-electron chi connectivity index (χ1n) is 7.46. The molecule has 9 heteroatoms. The number of rotatable bonds is 7. The Hall–Kier alpha value is -2.44. The summed E-state index contributed by atoms with van der Waals surface area (Å²) in [6.07, 6.45) is 1.91. The Bertz CT molecular complexity index is 975. The molecule has 0 amide bonds. The number of fused-ring (bicyclic) bond motifs is 1. The number of ether oxygens (including phenoxy) is 2. The van der Waals surface area contributed by atoms with Crippen molar-refractivity contribution < 1.29 is 32.7 Å². The number of carbonyl (C=O) groups is 2. The van der Waals surface area contributed by atoms with E-state index in [1.165, 1.54) is 38.5 Å². The average Bonchev–Trinajstić information content (AvgIpc) is 2.68. The molecule has 0 fully saturated rings. The zero-order valence-corrected chi connectivity index (χ0v) is 16.2. The van der Waals surface area contributed by atoms with Crippen LogP contribution in [0.1, 0.15) is 0 Å². The summed E-state index contributed by atoms with van der Waals surface area (Å²) in [6.45, 7) is 6.68. The maximum Gasteiger partial charge on any atom is 0.364 e. The van der Waals surface area contributed by atoms with Gasteiger partial charge < -0.3 is 18.5 Å². The summed E-state index contributed by atoms with van der Waals surface area (Å²) >= 11 is 6.04. The summed E-state index contributed by atoms with van der Waals surface area (Å²) in [6, 6.07) is 5.79. The predicted octanol–water partition coefficient (Wildman–Crippen LogP) is 3.79. The van der Waals surface area contributed by atoms with Crippen molar-refractivity contribution in [3.05, 3.63) is 54.6 Å². The Morgan fingerprint density at radius 2 is 1.59 bits per heavy atom. The molecule has 0 aliphatic carbocycles. The van der Waals surface area contributed by atoms with Crippen molar-refractivity contribution >= 4 is 47.2 Å². The van der Waals surface area contributed by atoms with Gasteiger partial charge in [0.05, 0.1) is 0 Å². The molecular formula is C18H16ClO7P. The SMILES string of the molecule is C=CC(=O)Oc1cc(P(=O)(OC)OC)c(OC(=O)C=C)c2ccc(Cl)cc12. The Labute approximate surface area is 160 Å². The van der Waals surface area contributed by atoms with Crippen LogP contribution in [0.5, 0.6) is 11.5 Å². The monoisotopic (exact) mass is 410 g/mol. The summed E-state index contributed by atoms with van der Waals surface area (Å²) < 4.78 is 33.6. The molecule has 0 bridgehead atoms. The molecule has 27 heavy (non-hydrogen) atoms. The molecule has 0 aliphatic rings. The molecule has 0 saturated carbocycles. The lowest BCUT2D eigenvalue weighted by atomic mass is 10.1. The fraction of sp³-hybridized carbons (Fsp3) is 0.111. The van der Waals surface area contributed by atoms with E-state index in [4.69, 9.17) is 30.1 Å². The molecule has 0 saturated heterocycles. The van der Waals surface area contributed by atoms with E-state index in [1.807, 2.05) is 0 Å². The van der Waals surface area contributed by atoms with Crippen LogP contribution < -0.4 is 14.8 Å². The fourth-order valence-corrected chi connectivity index (χ4v) is 3.69. The van der Waals surface area contributed by atoms with Crippen LogP contribution in [-0.2, 0) is 23.2 Å². The van der Waals surface area contributed by atoms with Gasteiger partial charge in [-0.05, 0) is 18.2 Å². The molecule has 2 rings (SSSR count). The summed E-state index contributed by atoms with van der Waals surface area (Å²) in [5.41, 5.74) is 0. The number of hydrogen-bond acceptors (Lipinski definition) is 7. The molecule has 0 aromatic heterocycles. The number of halogens is 1. The van der Waals surface area contributed by atoms with Gasteiger partial charge >= 0.3 is 19.5 Å². The highest BCUT2D eigenvalue weighted by molar-refractivity contribution is 7.62. The maximum absolute atomic E-state index is 13.0. The highest BCUT2D eigenvalue weighted by Crippen LogP contribution is 2.51. The normalized spacial score (nSPS) is 11.1. The highest BCUT2D eigenvalue weighted by atomic mass is 35.5. The zero-order valence-electron chi connectivity index (χ0n) is 14.6. The van der Waals surface area contributed by atoms with Crippen molar-refractivity contribution in [3.8, 4) is 11.5 Å². The van der Waals surface area contributed by atoms with Gasteiger partial charge in [0.25, 0.3) is 0 Å². The molecule has 0 unspecified atom stereocenters. The van der Waals surface area contributed by atoms with E-state index < -0.39 is 19.5 Å². The van der Waals surface area contributed by atoms with Crippen molar-refractivity contribution in [2.24, 2.45) is 0 Å². The summed E-state index contributed by atoms with van der Waals surface area (Å²) in [7, 11) is -1.55. The molecule has 2 aromatic rings. The van der Waals surface area contributed by atoms with Crippen LogP contribution in [0, 0.1) is 0 Å². The lowest BCUT2D eigenvalue weighted by Gasteiger charge is -2.20. The van der Waals surface area contributed by atoms with E-state index in [0.717, 1.165) is 12.2 Å². The van der Waals surface area contributed by atoms with Gasteiger partial charge in [-0.25, -0.2) is 9.59 Å². The third-order valence-electron chi connectivity index (χ3n) is 3.51. The first-order valence-corrected chi connectivity index (χ1v) is 9.38. The van der Waals surface area contributed by atoms with E-state index in [9.17, 15) is 14.2 Å². The van der Waals surface area contributed by atoms with Crippen molar-refractivity contribution in [1.29, 1.82) is 0 Å². The van der Waals surface area contributed by atoms with E-state index >= 15 is 0 Å².